The molecule has 1 heterocycles. The van der Waals surface area contributed by atoms with Gasteiger partial charge >= 0.3 is 0 Å². The molecule has 1 fully saturated rings. The zero-order valence-electron chi connectivity index (χ0n) is 11.7. The van der Waals surface area contributed by atoms with Crippen molar-refractivity contribution in [3.05, 3.63) is 24.0 Å². The summed E-state index contributed by atoms with van der Waals surface area (Å²) in [6.45, 7) is 3.48. The van der Waals surface area contributed by atoms with Gasteiger partial charge in [-0.05, 0) is 31.7 Å². The molecule has 20 heavy (non-hydrogen) atoms. The van der Waals surface area contributed by atoms with E-state index in [9.17, 15) is 12.8 Å². The van der Waals surface area contributed by atoms with Gasteiger partial charge in [0, 0.05) is 25.7 Å². The summed E-state index contributed by atoms with van der Waals surface area (Å²) in [6.07, 6.45) is 0.862. The molecule has 0 spiro atoms. The number of nitrogens with zero attached hydrogens (tertiary/aromatic N) is 2. The second-order valence-electron chi connectivity index (χ2n) is 5.09. The first kappa shape index (κ1) is 15.2. The van der Waals surface area contributed by atoms with Crippen molar-refractivity contribution in [3.63, 3.8) is 0 Å². The van der Waals surface area contributed by atoms with E-state index in [0.717, 1.165) is 18.6 Å². The highest BCUT2D eigenvalue weighted by Crippen LogP contribution is 2.25. The average molecular weight is 301 g/mol. The van der Waals surface area contributed by atoms with Gasteiger partial charge in [0.05, 0.1) is 5.69 Å². The van der Waals surface area contributed by atoms with Crippen LogP contribution < -0.4 is 5.73 Å². The van der Waals surface area contributed by atoms with Gasteiger partial charge in [0.15, 0.2) is 0 Å². The van der Waals surface area contributed by atoms with Gasteiger partial charge in [0.2, 0.25) is 10.0 Å². The maximum absolute atomic E-state index is 13.3. The molecule has 1 aliphatic rings. The normalized spacial score (nSPS) is 22.1. The zero-order chi connectivity index (χ0) is 14.9. The lowest BCUT2D eigenvalue weighted by atomic mass is 10.1. The summed E-state index contributed by atoms with van der Waals surface area (Å²) in [6, 6.07) is 3.61. The summed E-state index contributed by atoms with van der Waals surface area (Å²) in [4.78, 5) is 2.00. The molecule has 1 aromatic carbocycles. The SMILES string of the molecule is CCC1CN(S(=O)(=O)c2cc(F)ccc2N)CCN1C. The van der Waals surface area contributed by atoms with E-state index in [1.54, 1.807) is 0 Å². The molecular weight excluding hydrogens is 281 g/mol. The van der Waals surface area contributed by atoms with Crippen LogP contribution >= 0.6 is 0 Å². The number of hydrogen-bond acceptors (Lipinski definition) is 4. The number of nitrogen functional groups attached to an aromatic ring is 1. The van der Waals surface area contributed by atoms with Crippen molar-refractivity contribution in [2.24, 2.45) is 0 Å². The van der Waals surface area contributed by atoms with E-state index in [4.69, 9.17) is 5.73 Å². The molecule has 0 radical (unpaired) electrons. The van der Waals surface area contributed by atoms with Crippen molar-refractivity contribution in [2.75, 3.05) is 32.4 Å². The first-order valence-corrected chi connectivity index (χ1v) is 8.05. The molecule has 1 unspecified atom stereocenters. The number of rotatable bonds is 3. The van der Waals surface area contributed by atoms with Crippen molar-refractivity contribution in [1.29, 1.82) is 0 Å². The minimum atomic E-state index is -3.74. The minimum Gasteiger partial charge on any atom is -0.398 e. The van der Waals surface area contributed by atoms with Crippen LogP contribution in [0.5, 0.6) is 0 Å². The van der Waals surface area contributed by atoms with Gasteiger partial charge in [0.1, 0.15) is 10.7 Å². The Labute approximate surface area is 119 Å². The van der Waals surface area contributed by atoms with Crippen LogP contribution in [-0.4, -0.2) is 50.3 Å². The van der Waals surface area contributed by atoms with E-state index in [1.807, 2.05) is 14.0 Å². The van der Waals surface area contributed by atoms with E-state index < -0.39 is 15.8 Å². The summed E-state index contributed by atoms with van der Waals surface area (Å²) >= 11 is 0. The largest absolute Gasteiger partial charge is 0.398 e. The smallest absolute Gasteiger partial charge is 0.245 e. The molecule has 1 aliphatic heterocycles. The van der Waals surface area contributed by atoms with Gasteiger partial charge in [-0.2, -0.15) is 4.31 Å². The summed E-state index contributed by atoms with van der Waals surface area (Å²) in [5.74, 6) is -0.598. The molecule has 0 saturated carbocycles. The summed E-state index contributed by atoms with van der Waals surface area (Å²) in [5, 5.41) is 0. The fraction of sp³-hybridized carbons (Fsp3) is 0.538. The van der Waals surface area contributed by atoms with E-state index >= 15 is 0 Å². The molecule has 0 aliphatic carbocycles. The van der Waals surface area contributed by atoms with Crippen molar-refractivity contribution in [2.45, 2.75) is 24.3 Å². The Morgan fingerprint density at radius 1 is 1.40 bits per heavy atom. The summed E-state index contributed by atoms with van der Waals surface area (Å²) < 4.78 is 39.9. The number of sulfonamides is 1. The predicted molar refractivity (Wildman–Crippen MR) is 76.3 cm³/mol. The van der Waals surface area contributed by atoms with Gasteiger partial charge in [-0.1, -0.05) is 6.92 Å². The fourth-order valence-electron chi connectivity index (χ4n) is 2.45. The van der Waals surface area contributed by atoms with Crippen molar-refractivity contribution in [3.8, 4) is 0 Å². The number of halogens is 1. The monoisotopic (exact) mass is 301 g/mol. The van der Waals surface area contributed by atoms with Crippen molar-refractivity contribution >= 4 is 15.7 Å². The molecule has 0 aromatic heterocycles. The molecular formula is C13H20FN3O2S. The summed E-state index contributed by atoms with van der Waals surface area (Å²) in [7, 11) is -1.76. The number of nitrogens with two attached hydrogens (primary N) is 1. The standard InChI is InChI=1S/C13H20FN3O2S/c1-3-11-9-17(7-6-16(11)2)20(18,19)13-8-10(14)4-5-12(13)15/h4-5,8,11H,3,6-7,9,15H2,1-2H3. The highest BCUT2D eigenvalue weighted by atomic mass is 32.2. The molecule has 2 rings (SSSR count). The van der Waals surface area contributed by atoms with Gasteiger partial charge in [-0.15, -0.1) is 0 Å². The van der Waals surface area contributed by atoms with E-state index in [1.165, 1.54) is 10.4 Å². The number of piperazine rings is 1. The Balaban J connectivity index is 2.33. The van der Waals surface area contributed by atoms with Gasteiger partial charge < -0.3 is 10.6 Å². The molecule has 0 bridgehead atoms. The van der Waals surface area contributed by atoms with Gasteiger partial charge in [0.25, 0.3) is 0 Å². The van der Waals surface area contributed by atoms with Crippen LogP contribution in [-0.2, 0) is 10.0 Å². The van der Waals surface area contributed by atoms with Gasteiger partial charge in [-0.25, -0.2) is 12.8 Å². The lowest BCUT2D eigenvalue weighted by Crippen LogP contribution is -2.52. The minimum absolute atomic E-state index is 0.0818. The van der Waals surface area contributed by atoms with Crippen LogP contribution in [0.4, 0.5) is 10.1 Å². The number of likely N-dealkylation sites (N-methyl/N-ethyl adjacent to an activating group) is 1. The maximum atomic E-state index is 13.3. The number of hydrogen-bond donors (Lipinski definition) is 1. The van der Waals surface area contributed by atoms with E-state index in [-0.39, 0.29) is 16.6 Å². The molecule has 1 aromatic rings. The topological polar surface area (TPSA) is 66.6 Å². The fourth-order valence-corrected chi connectivity index (χ4v) is 4.04. The third-order valence-corrected chi connectivity index (χ3v) is 5.73. The second kappa shape index (κ2) is 5.67. The molecule has 7 heteroatoms. The highest BCUT2D eigenvalue weighted by Gasteiger charge is 2.33. The van der Waals surface area contributed by atoms with Gasteiger partial charge in [-0.3, -0.25) is 0 Å². The molecule has 1 atom stereocenters. The van der Waals surface area contributed by atoms with Crippen LogP contribution in [0.1, 0.15) is 13.3 Å². The molecule has 5 nitrogen and oxygen atoms in total. The van der Waals surface area contributed by atoms with E-state index in [0.29, 0.717) is 19.6 Å². The lowest BCUT2D eigenvalue weighted by Gasteiger charge is -2.38. The van der Waals surface area contributed by atoms with Crippen LogP contribution in [0.15, 0.2) is 23.1 Å². The molecule has 2 N–H and O–H groups in total. The quantitative estimate of drug-likeness (QED) is 0.850. The van der Waals surface area contributed by atoms with Crippen molar-refractivity contribution in [1.82, 2.24) is 9.21 Å². The Morgan fingerprint density at radius 3 is 2.75 bits per heavy atom. The highest BCUT2D eigenvalue weighted by molar-refractivity contribution is 7.89. The molecule has 0 amide bonds. The van der Waals surface area contributed by atoms with Crippen LogP contribution in [0.25, 0.3) is 0 Å². The number of benzene rings is 1. The Kier molecular flexibility index (Phi) is 4.31. The summed E-state index contributed by atoms with van der Waals surface area (Å²) in [5.41, 5.74) is 5.78. The Morgan fingerprint density at radius 2 is 2.10 bits per heavy atom. The third-order valence-electron chi connectivity index (χ3n) is 3.80. The average Bonchev–Trinajstić information content (AvgIpc) is 2.41. The lowest BCUT2D eigenvalue weighted by molar-refractivity contribution is 0.144. The predicted octanol–water partition coefficient (Wildman–Crippen LogP) is 1.12. The Bertz CT molecular complexity index is 591. The van der Waals surface area contributed by atoms with Crippen LogP contribution in [0.3, 0.4) is 0 Å². The Hall–Kier alpha value is -1.18. The second-order valence-corrected chi connectivity index (χ2v) is 6.99. The van der Waals surface area contributed by atoms with Crippen molar-refractivity contribution < 1.29 is 12.8 Å². The van der Waals surface area contributed by atoms with E-state index in [2.05, 4.69) is 4.90 Å². The first-order chi connectivity index (χ1) is 9.36. The molecule has 112 valence electrons. The molecule has 1 saturated heterocycles. The van der Waals surface area contributed by atoms with Crippen LogP contribution in [0.2, 0.25) is 0 Å². The zero-order valence-corrected chi connectivity index (χ0v) is 12.5. The third kappa shape index (κ3) is 2.79. The first-order valence-electron chi connectivity index (χ1n) is 6.61. The maximum Gasteiger partial charge on any atom is 0.245 e. The van der Waals surface area contributed by atoms with Crippen LogP contribution in [0, 0.1) is 5.82 Å². The number of anilines is 1.